The molecule has 3 rings (SSSR count). The summed E-state index contributed by atoms with van der Waals surface area (Å²) in [5, 5.41) is 5.88. The lowest BCUT2D eigenvalue weighted by Crippen LogP contribution is -2.37. The molecule has 2 N–H and O–H groups in total. The summed E-state index contributed by atoms with van der Waals surface area (Å²) in [6.45, 7) is 1.53. The Bertz CT molecular complexity index is 842. The summed E-state index contributed by atoms with van der Waals surface area (Å²) in [7, 11) is 0. The minimum absolute atomic E-state index is 0.189. The molecule has 0 radical (unpaired) electrons. The Kier molecular flexibility index (Phi) is 6.51. The molecule has 0 heterocycles. The third kappa shape index (κ3) is 5.69. The zero-order valence-corrected chi connectivity index (χ0v) is 16.0. The number of halogens is 2. The Morgan fingerprint density at radius 1 is 1.11 bits per heavy atom. The number of carbonyl (C=O) groups is 2. The maximum atomic E-state index is 12.5. The van der Waals surface area contributed by atoms with E-state index >= 15 is 0 Å². The molecule has 0 saturated heterocycles. The number of rotatable bonds is 8. The summed E-state index contributed by atoms with van der Waals surface area (Å²) in [6.07, 6.45) is 1.01. The highest BCUT2D eigenvalue weighted by molar-refractivity contribution is 7.99. The Morgan fingerprint density at radius 2 is 1.79 bits per heavy atom. The summed E-state index contributed by atoms with van der Waals surface area (Å²) in [6, 6.07) is 13.4. The molecule has 1 aliphatic rings. The zero-order chi connectivity index (χ0) is 20.1. The van der Waals surface area contributed by atoms with Gasteiger partial charge in [0, 0.05) is 16.6 Å². The Hall–Kier alpha value is -2.61. The van der Waals surface area contributed by atoms with Gasteiger partial charge >= 0.3 is 5.97 Å². The fourth-order valence-electron chi connectivity index (χ4n) is 2.47. The largest absolute Gasteiger partial charge is 0.449 e. The number of hydrogen-bond donors (Lipinski definition) is 2. The van der Waals surface area contributed by atoms with E-state index in [-0.39, 0.29) is 17.5 Å². The second kappa shape index (κ2) is 9.05. The Balaban J connectivity index is 1.66. The van der Waals surface area contributed by atoms with Gasteiger partial charge in [0.1, 0.15) is 0 Å². The van der Waals surface area contributed by atoms with Gasteiger partial charge in [-0.25, -0.2) is 4.79 Å². The highest BCUT2D eigenvalue weighted by atomic mass is 32.2. The minimum atomic E-state index is -2.48. The van der Waals surface area contributed by atoms with Crippen molar-refractivity contribution in [3.63, 3.8) is 0 Å². The van der Waals surface area contributed by atoms with Gasteiger partial charge in [0.25, 0.3) is 11.7 Å². The molecule has 28 heavy (non-hydrogen) atoms. The Labute approximate surface area is 165 Å². The molecule has 0 bridgehead atoms. The molecule has 0 unspecified atom stereocenters. The molecule has 1 aliphatic carbocycles. The monoisotopic (exact) mass is 406 g/mol. The summed E-state index contributed by atoms with van der Waals surface area (Å²) in [5.74, 6) is -3.41. The number of amides is 1. The number of thioether (sulfide) groups is 1. The number of hydrogen-bond acceptors (Lipinski definition) is 5. The van der Waals surface area contributed by atoms with E-state index in [4.69, 9.17) is 4.74 Å². The maximum absolute atomic E-state index is 12.5. The van der Waals surface area contributed by atoms with Crippen molar-refractivity contribution < 1.29 is 23.1 Å². The van der Waals surface area contributed by atoms with E-state index in [1.54, 1.807) is 48.5 Å². The van der Waals surface area contributed by atoms with Crippen molar-refractivity contribution in [3.05, 3.63) is 54.1 Å². The van der Waals surface area contributed by atoms with Gasteiger partial charge in [0.2, 0.25) is 0 Å². The fourth-order valence-corrected chi connectivity index (χ4v) is 2.97. The average Bonchev–Trinajstić information content (AvgIpc) is 3.47. The number of benzene rings is 2. The molecule has 2 aromatic carbocycles. The lowest BCUT2D eigenvalue weighted by atomic mass is 10.1. The van der Waals surface area contributed by atoms with Crippen LogP contribution in [0.1, 0.15) is 30.1 Å². The van der Waals surface area contributed by atoms with E-state index < -0.39 is 17.8 Å². The smallest absolute Gasteiger partial charge is 0.341 e. The topological polar surface area (TPSA) is 67.4 Å². The van der Waals surface area contributed by atoms with Gasteiger partial charge in [-0.1, -0.05) is 23.9 Å². The number of carbonyl (C=O) groups excluding carboxylic acids is 2. The van der Waals surface area contributed by atoms with Crippen molar-refractivity contribution in [1.29, 1.82) is 0 Å². The predicted octanol–water partition coefficient (Wildman–Crippen LogP) is 4.57. The van der Waals surface area contributed by atoms with Gasteiger partial charge in [-0.2, -0.15) is 8.78 Å². The van der Waals surface area contributed by atoms with Crippen LogP contribution in [0.3, 0.4) is 0 Å². The van der Waals surface area contributed by atoms with Crippen LogP contribution < -0.4 is 10.6 Å². The van der Waals surface area contributed by atoms with Gasteiger partial charge in [0.05, 0.1) is 11.3 Å². The first-order chi connectivity index (χ1) is 13.4. The van der Waals surface area contributed by atoms with Crippen LogP contribution in [0.25, 0.3) is 0 Å². The molecule has 1 fully saturated rings. The van der Waals surface area contributed by atoms with Crippen molar-refractivity contribution in [2.24, 2.45) is 0 Å². The van der Waals surface area contributed by atoms with Crippen molar-refractivity contribution in [2.75, 3.05) is 5.32 Å². The Morgan fingerprint density at radius 3 is 2.43 bits per heavy atom. The first-order valence-electron chi connectivity index (χ1n) is 8.84. The first kappa shape index (κ1) is 20.1. The van der Waals surface area contributed by atoms with Crippen LogP contribution in [-0.2, 0) is 9.53 Å². The molecule has 0 aromatic heterocycles. The summed E-state index contributed by atoms with van der Waals surface area (Å²) >= 11 is 0.466. The van der Waals surface area contributed by atoms with Gasteiger partial charge in [-0.05, 0) is 56.2 Å². The van der Waals surface area contributed by atoms with Crippen molar-refractivity contribution in [1.82, 2.24) is 5.32 Å². The van der Waals surface area contributed by atoms with Gasteiger partial charge in [-0.3, -0.25) is 4.79 Å². The first-order valence-corrected chi connectivity index (χ1v) is 9.72. The maximum Gasteiger partial charge on any atom is 0.341 e. The molecule has 8 heteroatoms. The third-order valence-corrected chi connectivity index (χ3v) is 4.80. The molecular formula is C20H20F2N2O3S. The lowest BCUT2D eigenvalue weighted by molar-refractivity contribution is -0.129. The van der Waals surface area contributed by atoms with E-state index in [2.05, 4.69) is 10.6 Å². The number of anilines is 2. The standard InChI is InChI=1S/C20H20F2N2O3S/c1-12(18(25)24-14-6-7-14)27-19(26)16-4-2-3-5-17(16)23-13-8-10-15(11-9-13)28-20(21)22/h2-5,8-12,14,20,23H,6-7H2,1H3,(H,24,25)/t12-/m0/s1. The van der Waals surface area contributed by atoms with Gasteiger partial charge in [-0.15, -0.1) is 0 Å². The summed E-state index contributed by atoms with van der Waals surface area (Å²) in [5.41, 5.74) is 1.41. The van der Waals surface area contributed by atoms with Crippen LogP contribution in [-0.4, -0.2) is 29.8 Å². The molecule has 0 spiro atoms. The van der Waals surface area contributed by atoms with Crippen molar-refractivity contribution >= 4 is 35.0 Å². The number of nitrogens with one attached hydrogen (secondary N) is 2. The van der Waals surface area contributed by atoms with E-state index in [0.29, 0.717) is 28.0 Å². The molecular weight excluding hydrogens is 386 g/mol. The summed E-state index contributed by atoms with van der Waals surface area (Å²) < 4.78 is 30.1. The average molecular weight is 406 g/mol. The molecule has 1 amide bonds. The number of alkyl halides is 2. The quantitative estimate of drug-likeness (QED) is 0.497. The van der Waals surface area contributed by atoms with E-state index in [0.717, 1.165) is 12.8 Å². The number of para-hydroxylation sites is 1. The second-order valence-electron chi connectivity index (χ2n) is 6.40. The highest BCUT2D eigenvalue weighted by Gasteiger charge is 2.27. The van der Waals surface area contributed by atoms with E-state index in [1.165, 1.54) is 6.92 Å². The molecule has 2 aromatic rings. The van der Waals surface area contributed by atoms with Gasteiger partial charge in [0.15, 0.2) is 6.10 Å². The van der Waals surface area contributed by atoms with Crippen LogP contribution in [0.15, 0.2) is 53.4 Å². The molecule has 1 atom stereocenters. The third-order valence-electron chi connectivity index (χ3n) is 4.08. The number of esters is 1. The SMILES string of the molecule is C[C@H](OC(=O)c1ccccc1Nc1ccc(SC(F)F)cc1)C(=O)NC1CC1. The van der Waals surface area contributed by atoms with Crippen LogP contribution in [0.4, 0.5) is 20.2 Å². The predicted molar refractivity (Wildman–Crippen MR) is 104 cm³/mol. The number of ether oxygens (including phenoxy) is 1. The van der Waals surface area contributed by atoms with Crippen LogP contribution in [0, 0.1) is 0 Å². The van der Waals surface area contributed by atoms with Gasteiger partial charge < -0.3 is 15.4 Å². The minimum Gasteiger partial charge on any atom is -0.449 e. The molecule has 0 aliphatic heterocycles. The molecule has 5 nitrogen and oxygen atoms in total. The van der Waals surface area contributed by atoms with Crippen molar-refractivity contribution in [3.8, 4) is 0 Å². The lowest BCUT2D eigenvalue weighted by Gasteiger charge is -2.16. The normalized spacial score (nSPS) is 14.4. The highest BCUT2D eigenvalue weighted by Crippen LogP contribution is 2.28. The molecule has 148 valence electrons. The molecule has 1 saturated carbocycles. The van der Waals surface area contributed by atoms with E-state index in [9.17, 15) is 18.4 Å². The second-order valence-corrected chi connectivity index (χ2v) is 7.47. The van der Waals surface area contributed by atoms with Crippen LogP contribution in [0.2, 0.25) is 0 Å². The van der Waals surface area contributed by atoms with Crippen LogP contribution in [0.5, 0.6) is 0 Å². The summed E-state index contributed by atoms with van der Waals surface area (Å²) in [4.78, 5) is 25.0. The fraction of sp³-hybridized carbons (Fsp3) is 0.300. The zero-order valence-electron chi connectivity index (χ0n) is 15.2. The van der Waals surface area contributed by atoms with E-state index in [1.807, 2.05) is 0 Å². The van der Waals surface area contributed by atoms with Crippen LogP contribution >= 0.6 is 11.8 Å². The van der Waals surface area contributed by atoms with Crippen molar-refractivity contribution in [2.45, 2.75) is 42.6 Å².